The average molecular weight is 321 g/mol. The van der Waals surface area contributed by atoms with Gasteiger partial charge in [-0.3, -0.25) is 10.2 Å². The van der Waals surface area contributed by atoms with Gasteiger partial charge in [-0.15, -0.1) is 0 Å². The number of nitrogens with two attached hydrogens (primary N) is 1. The minimum atomic E-state index is -0.729. The number of primary amides is 1. The molecule has 0 saturated heterocycles. The Hall–Kier alpha value is -2.29. The average Bonchev–Trinajstić information content (AvgIpc) is 2.44. The van der Waals surface area contributed by atoms with Crippen LogP contribution in [0.2, 0.25) is 10.0 Å². The Morgan fingerprint density at radius 2 is 2.10 bits per heavy atom. The van der Waals surface area contributed by atoms with Gasteiger partial charge >= 0.3 is 0 Å². The van der Waals surface area contributed by atoms with Gasteiger partial charge in [-0.1, -0.05) is 23.2 Å². The smallest absolute Gasteiger partial charge is 0.252 e. The Morgan fingerprint density at radius 3 is 2.71 bits per heavy atom. The lowest BCUT2D eigenvalue weighted by Crippen LogP contribution is -2.29. The van der Waals surface area contributed by atoms with Crippen LogP contribution in [0, 0.1) is 16.7 Å². The summed E-state index contributed by atoms with van der Waals surface area (Å²) in [6, 6.07) is 8.20. The summed E-state index contributed by atoms with van der Waals surface area (Å²) in [6.07, 6.45) is 1.51. The molecule has 3 N–H and O–H groups in total. The SMILES string of the molecule is N#Cc1ccc(Cl)c(Cn2cc(Cl)cc(C(N)=O)c2=N)c1. The first-order valence-corrected chi connectivity index (χ1v) is 6.61. The first-order chi connectivity index (χ1) is 9.92. The molecule has 0 radical (unpaired) electrons. The molecule has 0 aliphatic carbocycles. The van der Waals surface area contributed by atoms with E-state index < -0.39 is 5.91 Å². The number of pyridine rings is 1. The van der Waals surface area contributed by atoms with E-state index in [1.54, 1.807) is 18.2 Å². The number of nitrogens with one attached hydrogen (secondary N) is 1. The molecule has 1 amide bonds. The van der Waals surface area contributed by atoms with Crippen LogP contribution in [-0.2, 0) is 6.54 Å². The molecule has 7 heteroatoms. The molecule has 1 heterocycles. The zero-order valence-corrected chi connectivity index (χ0v) is 12.2. The second-order valence-corrected chi connectivity index (χ2v) is 5.17. The fourth-order valence-corrected chi connectivity index (χ4v) is 2.28. The van der Waals surface area contributed by atoms with E-state index in [4.69, 9.17) is 39.6 Å². The van der Waals surface area contributed by atoms with Crippen molar-refractivity contribution in [1.82, 2.24) is 4.57 Å². The lowest BCUT2D eigenvalue weighted by Gasteiger charge is -2.11. The van der Waals surface area contributed by atoms with Gasteiger partial charge in [0.05, 0.1) is 28.8 Å². The van der Waals surface area contributed by atoms with Gasteiger partial charge in [0.15, 0.2) is 0 Å². The Labute approximate surface area is 130 Å². The van der Waals surface area contributed by atoms with Crippen LogP contribution < -0.4 is 11.2 Å². The maximum absolute atomic E-state index is 11.3. The van der Waals surface area contributed by atoms with Crippen LogP contribution in [0.25, 0.3) is 0 Å². The van der Waals surface area contributed by atoms with Gasteiger partial charge in [0.1, 0.15) is 5.49 Å². The number of benzene rings is 1. The minimum absolute atomic E-state index is 0.0232. The van der Waals surface area contributed by atoms with Gasteiger partial charge in [0, 0.05) is 11.2 Å². The molecule has 1 aromatic heterocycles. The van der Waals surface area contributed by atoms with Crippen molar-refractivity contribution in [3.63, 3.8) is 0 Å². The Bertz CT molecular complexity index is 821. The van der Waals surface area contributed by atoms with E-state index in [9.17, 15) is 4.79 Å². The standard InChI is InChI=1S/C14H10Cl2N4O/c15-10-4-11(14(19)21)13(18)20(7-10)6-9-3-8(5-17)1-2-12(9)16/h1-4,7,18H,6H2,(H2,19,21). The van der Waals surface area contributed by atoms with Gasteiger partial charge in [0.2, 0.25) is 0 Å². The predicted molar refractivity (Wildman–Crippen MR) is 79.1 cm³/mol. The molecular weight excluding hydrogens is 311 g/mol. The second kappa shape index (κ2) is 6.00. The molecule has 0 fully saturated rings. The maximum atomic E-state index is 11.3. The number of hydrogen-bond donors (Lipinski definition) is 2. The van der Waals surface area contributed by atoms with Crippen molar-refractivity contribution in [3.8, 4) is 6.07 Å². The predicted octanol–water partition coefficient (Wildman–Crippen LogP) is 2.29. The molecular formula is C14H10Cl2N4O. The monoisotopic (exact) mass is 320 g/mol. The van der Waals surface area contributed by atoms with Crippen molar-refractivity contribution in [3.05, 3.63) is 62.7 Å². The summed E-state index contributed by atoms with van der Waals surface area (Å²) in [7, 11) is 0. The first-order valence-electron chi connectivity index (χ1n) is 5.85. The number of aromatic nitrogens is 1. The van der Waals surface area contributed by atoms with Gasteiger partial charge in [-0.2, -0.15) is 5.26 Å². The van der Waals surface area contributed by atoms with Gasteiger partial charge in [0.25, 0.3) is 5.91 Å². The molecule has 2 rings (SSSR count). The maximum Gasteiger partial charge on any atom is 0.252 e. The Kier molecular flexibility index (Phi) is 4.32. The van der Waals surface area contributed by atoms with Crippen molar-refractivity contribution in [1.29, 1.82) is 10.7 Å². The number of hydrogen-bond acceptors (Lipinski definition) is 3. The Morgan fingerprint density at radius 1 is 1.38 bits per heavy atom. The highest BCUT2D eigenvalue weighted by Gasteiger charge is 2.10. The highest BCUT2D eigenvalue weighted by atomic mass is 35.5. The number of carbonyl (C=O) groups is 1. The summed E-state index contributed by atoms with van der Waals surface area (Å²) >= 11 is 12.0. The normalized spacial score (nSPS) is 10.1. The molecule has 0 saturated carbocycles. The molecule has 5 nitrogen and oxygen atoms in total. The summed E-state index contributed by atoms with van der Waals surface area (Å²) in [5.74, 6) is -0.729. The van der Waals surface area contributed by atoms with Crippen LogP contribution in [-0.4, -0.2) is 10.5 Å². The topological polar surface area (TPSA) is 95.7 Å². The van der Waals surface area contributed by atoms with Crippen LogP contribution in [0.3, 0.4) is 0 Å². The third kappa shape index (κ3) is 3.24. The van der Waals surface area contributed by atoms with Crippen molar-refractivity contribution >= 4 is 29.1 Å². The van der Waals surface area contributed by atoms with Crippen molar-refractivity contribution in [2.24, 2.45) is 5.73 Å². The summed E-state index contributed by atoms with van der Waals surface area (Å²) in [4.78, 5) is 11.3. The highest BCUT2D eigenvalue weighted by molar-refractivity contribution is 6.31. The van der Waals surface area contributed by atoms with E-state index in [1.165, 1.54) is 16.8 Å². The van der Waals surface area contributed by atoms with Crippen LogP contribution >= 0.6 is 23.2 Å². The Balaban J connectivity index is 2.53. The summed E-state index contributed by atoms with van der Waals surface area (Å²) in [5, 5.41) is 17.6. The van der Waals surface area contributed by atoms with Crippen molar-refractivity contribution in [2.45, 2.75) is 6.54 Å². The van der Waals surface area contributed by atoms with Gasteiger partial charge in [-0.25, -0.2) is 0 Å². The lowest BCUT2D eigenvalue weighted by atomic mass is 10.1. The van der Waals surface area contributed by atoms with E-state index in [0.717, 1.165) is 0 Å². The van der Waals surface area contributed by atoms with E-state index in [1.807, 2.05) is 6.07 Å². The zero-order chi connectivity index (χ0) is 15.6. The third-order valence-corrected chi connectivity index (χ3v) is 3.46. The molecule has 106 valence electrons. The summed E-state index contributed by atoms with van der Waals surface area (Å²) in [5.41, 5.74) is 6.28. The number of halogens is 2. The highest BCUT2D eigenvalue weighted by Crippen LogP contribution is 2.19. The van der Waals surface area contributed by atoms with Crippen LogP contribution in [0.15, 0.2) is 30.5 Å². The molecule has 0 bridgehead atoms. The van der Waals surface area contributed by atoms with E-state index in [0.29, 0.717) is 16.1 Å². The molecule has 1 aromatic carbocycles. The number of amides is 1. The number of nitrogens with zero attached hydrogens (tertiary/aromatic N) is 2. The molecule has 0 atom stereocenters. The summed E-state index contributed by atoms with van der Waals surface area (Å²) in [6.45, 7) is 0.202. The van der Waals surface area contributed by atoms with Crippen molar-refractivity contribution < 1.29 is 4.79 Å². The molecule has 0 aliphatic rings. The van der Waals surface area contributed by atoms with E-state index >= 15 is 0 Å². The van der Waals surface area contributed by atoms with Gasteiger partial charge < -0.3 is 10.3 Å². The fourth-order valence-electron chi connectivity index (χ4n) is 1.87. The minimum Gasteiger partial charge on any atom is -0.365 e. The molecule has 0 spiro atoms. The third-order valence-electron chi connectivity index (χ3n) is 2.88. The fraction of sp³-hybridized carbons (Fsp3) is 0.0714. The van der Waals surface area contributed by atoms with Crippen LogP contribution in [0.1, 0.15) is 21.5 Å². The zero-order valence-electron chi connectivity index (χ0n) is 10.7. The quantitative estimate of drug-likeness (QED) is 0.907. The van der Waals surface area contributed by atoms with E-state index in [-0.39, 0.29) is 22.6 Å². The number of carbonyl (C=O) groups excluding carboxylic acids is 1. The number of nitriles is 1. The molecule has 21 heavy (non-hydrogen) atoms. The van der Waals surface area contributed by atoms with E-state index in [2.05, 4.69) is 0 Å². The van der Waals surface area contributed by atoms with Crippen molar-refractivity contribution in [2.75, 3.05) is 0 Å². The van der Waals surface area contributed by atoms with Crippen LogP contribution in [0.4, 0.5) is 0 Å². The first kappa shape index (κ1) is 15.1. The molecule has 0 aliphatic heterocycles. The largest absolute Gasteiger partial charge is 0.365 e. The second-order valence-electron chi connectivity index (χ2n) is 4.33. The number of rotatable bonds is 3. The lowest BCUT2D eigenvalue weighted by molar-refractivity contribution is 0.0998. The molecule has 2 aromatic rings. The molecule has 0 unspecified atom stereocenters. The summed E-state index contributed by atoms with van der Waals surface area (Å²) < 4.78 is 1.45. The van der Waals surface area contributed by atoms with Gasteiger partial charge in [-0.05, 0) is 29.8 Å². The van der Waals surface area contributed by atoms with Crippen LogP contribution in [0.5, 0.6) is 0 Å².